The molecule has 6 heteroatoms. The van der Waals surface area contributed by atoms with Crippen LogP contribution in [-0.2, 0) is 0 Å². The van der Waals surface area contributed by atoms with E-state index >= 15 is 0 Å². The molecule has 0 fully saturated rings. The van der Waals surface area contributed by atoms with E-state index in [1.807, 2.05) is 18.2 Å². The molecule has 0 saturated carbocycles. The van der Waals surface area contributed by atoms with Gasteiger partial charge in [-0.05, 0) is 118 Å². The number of halogens is 2. The van der Waals surface area contributed by atoms with E-state index in [1.54, 1.807) is 23.5 Å². The van der Waals surface area contributed by atoms with Gasteiger partial charge in [0.2, 0.25) is 0 Å². The minimum Gasteiger partial charge on any atom is -0.335 e. The van der Waals surface area contributed by atoms with Crippen LogP contribution in [0.1, 0.15) is 32.3 Å². The normalized spacial score (nSPS) is 14.3. The molecule has 2 nitrogen and oxygen atoms in total. The van der Waals surface area contributed by atoms with Crippen molar-refractivity contribution in [3.05, 3.63) is 171 Å². The summed E-state index contributed by atoms with van der Waals surface area (Å²) in [6, 6.07) is 33.2. The van der Waals surface area contributed by atoms with Gasteiger partial charge in [0.05, 0.1) is 10.7 Å². The van der Waals surface area contributed by atoms with Crippen molar-refractivity contribution in [2.24, 2.45) is 0 Å². The van der Waals surface area contributed by atoms with Crippen LogP contribution in [-0.4, -0.2) is 6.54 Å². The summed E-state index contributed by atoms with van der Waals surface area (Å²) in [4.78, 5) is 8.02. The van der Waals surface area contributed by atoms with Crippen molar-refractivity contribution >= 4 is 63.8 Å². The number of hydrogen-bond acceptors (Lipinski definition) is 4. The largest absolute Gasteiger partial charge is 0.335 e. The summed E-state index contributed by atoms with van der Waals surface area (Å²) < 4.78 is 0. The Morgan fingerprint density at radius 1 is 0.891 bits per heavy atom. The number of anilines is 3. The highest BCUT2D eigenvalue weighted by atomic mass is 35.5. The lowest BCUT2D eigenvalue weighted by molar-refractivity contribution is 0.965. The lowest BCUT2D eigenvalue weighted by Crippen LogP contribution is -2.16. The Hall–Kier alpha value is -3.54. The Morgan fingerprint density at radius 3 is 2.20 bits per heavy atom. The molecular weight excluding hydrogens is 643 g/mol. The van der Waals surface area contributed by atoms with Crippen LogP contribution in [0.3, 0.4) is 0 Å². The topological polar surface area (TPSA) is 6.48 Å². The van der Waals surface area contributed by atoms with Crippen LogP contribution in [0.15, 0.2) is 165 Å². The fourth-order valence-corrected chi connectivity index (χ4v) is 7.61. The zero-order valence-electron chi connectivity index (χ0n) is 26.4. The van der Waals surface area contributed by atoms with E-state index in [-0.39, 0.29) is 0 Å². The SMILES string of the molecule is C=C(C=CC(CCC=CC=C1Sc2ccc(Cl)cc2N1CC)=C(C)N(c1ccccc1)c1ccccc1)Sc1ccc(Cl)cc1C. The molecule has 1 aliphatic rings. The summed E-state index contributed by atoms with van der Waals surface area (Å²) in [6.07, 6.45) is 12.8. The molecule has 0 amide bonds. The first-order chi connectivity index (χ1) is 22.3. The van der Waals surface area contributed by atoms with Crippen molar-refractivity contribution in [3.8, 4) is 0 Å². The van der Waals surface area contributed by atoms with Gasteiger partial charge in [-0.3, -0.25) is 0 Å². The van der Waals surface area contributed by atoms with Crippen molar-refractivity contribution in [2.75, 3.05) is 16.3 Å². The number of fused-ring (bicyclic) bond motifs is 1. The molecule has 0 unspecified atom stereocenters. The number of aryl methyl sites for hydroxylation is 1. The van der Waals surface area contributed by atoms with Gasteiger partial charge in [-0.25, -0.2) is 0 Å². The monoisotopic (exact) mass is 680 g/mol. The molecule has 0 aromatic heterocycles. The number of thioether (sulfide) groups is 2. The molecule has 0 spiro atoms. The van der Waals surface area contributed by atoms with Gasteiger partial charge in [0, 0.05) is 48.4 Å². The van der Waals surface area contributed by atoms with Crippen LogP contribution in [0.5, 0.6) is 0 Å². The second-order valence-electron chi connectivity index (χ2n) is 10.9. The minimum atomic E-state index is 0.748. The van der Waals surface area contributed by atoms with E-state index in [1.165, 1.54) is 26.9 Å². The maximum atomic E-state index is 6.30. The number of rotatable bonds is 12. The van der Waals surface area contributed by atoms with Gasteiger partial charge in [0.25, 0.3) is 0 Å². The van der Waals surface area contributed by atoms with Crippen LogP contribution < -0.4 is 9.80 Å². The summed E-state index contributed by atoms with van der Waals surface area (Å²) in [5, 5.41) is 2.73. The minimum absolute atomic E-state index is 0.748. The molecular formula is C40H38Cl2N2S2. The maximum absolute atomic E-state index is 6.30. The van der Waals surface area contributed by atoms with Crippen LogP contribution in [0.2, 0.25) is 10.0 Å². The maximum Gasteiger partial charge on any atom is 0.0801 e. The second-order valence-corrected chi connectivity index (χ2v) is 14.0. The van der Waals surface area contributed by atoms with E-state index in [4.69, 9.17) is 23.2 Å². The molecule has 1 heterocycles. The van der Waals surface area contributed by atoms with Gasteiger partial charge in [-0.15, -0.1) is 0 Å². The van der Waals surface area contributed by atoms with Crippen molar-refractivity contribution in [2.45, 2.75) is 43.4 Å². The third-order valence-electron chi connectivity index (χ3n) is 7.64. The highest BCUT2D eigenvalue weighted by Gasteiger charge is 2.23. The van der Waals surface area contributed by atoms with Gasteiger partial charge in [0.15, 0.2) is 0 Å². The Balaban J connectivity index is 1.40. The quantitative estimate of drug-likeness (QED) is 0.108. The third kappa shape index (κ3) is 8.63. The van der Waals surface area contributed by atoms with Crippen molar-refractivity contribution in [1.82, 2.24) is 0 Å². The lowest BCUT2D eigenvalue weighted by atomic mass is 10.0. The summed E-state index contributed by atoms with van der Waals surface area (Å²) >= 11 is 16.0. The van der Waals surface area contributed by atoms with Crippen LogP contribution in [0.4, 0.5) is 17.1 Å². The molecule has 5 rings (SSSR count). The summed E-state index contributed by atoms with van der Waals surface area (Å²) in [6.45, 7) is 11.7. The van der Waals surface area contributed by atoms with Crippen LogP contribution in [0.25, 0.3) is 0 Å². The highest BCUT2D eigenvalue weighted by molar-refractivity contribution is 8.03. The molecule has 0 aliphatic carbocycles. The van der Waals surface area contributed by atoms with Gasteiger partial charge in [0.1, 0.15) is 0 Å². The average molecular weight is 682 g/mol. The van der Waals surface area contributed by atoms with Crippen LogP contribution in [0, 0.1) is 6.92 Å². The van der Waals surface area contributed by atoms with E-state index in [0.717, 1.165) is 56.2 Å². The first-order valence-electron chi connectivity index (χ1n) is 15.4. The number of benzene rings is 4. The number of allylic oxidation sites excluding steroid dienone is 7. The Morgan fingerprint density at radius 2 is 1.54 bits per heavy atom. The van der Waals surface area contributed by atoms with E-state index < -0.39 is 0 Å². The number of nitrogens with zero attached hydrogens (tertiary/aromatic N) is 2. The molecule has 0 N–H and O–H groups in total. The van der Waals surface area contributed by atoms with E-state index in [9.17, 15) is 0 Å². The molecule has 46 heavy (non-hydrogen) atoms. The third-order valence-corrected chi connectivity index (χ3v) is 10.3. The zero-order valence-corrected chi connectivity index (χ0v) is 29.6. The smallest absolute Gasteiger partial charge is 0.0801 e. The molecule has 0 atom stereocenters. The van der Waals surface area contributed by atoms with Gasteiger partial charge >= 0.3 is 0 Å². The molecule has 0 bridgehead atoms. The Labute approximate surface area is 292 Å². The van der Waals surface area contributed by atoms with Crippen molar-refractivity contribution in [3.63, 3.8) is 0 Å². The van der Waals surface area contributed by atoms with Crippen molar-refractivity contribution < 1.29 is 0 Å². The first kappa shape index (κ1) is 33.8. The Kier molecular flexibility index (Phi) is 12.0. The average Bonchev–Trinajstić information content (AvgIpc) is 3.41. The second kappa shape index (κ2) is 16.3. The predicted octanol–water partition coefficient (Wildman–Crippen LogP) is 13.4. The van der Waals surface area contributed by atoms with Crippen molar-refractivity contribution in [1.29, 1.82) is 0 Å². The van der Waals surface area contributed by atoms with Gasteiger partial charge < -0.3 is 9.80 Å². The molecule has 4 aromatic carbocycles. The molecule has 1 aliphatic heterocycles. The van der Waals surface area contributed by atoms with E-state index in [2.05, 4.69) is 146 Å². The summed E-state index contributed by atoms with van der Waals surface area (Å²) in [7, 11) is 0. The van der Waals surface area contributed by atoms with Gasteiger partial charge in [-0.2, -0.15) is 0 Å². The van der Waals surface area contributed by atoms with E-state index in [0.29, 0.717) is 0 Å². The number of hydrogen-bond donors (Lipinski definition) is 0. The van der Waals surface area contributed by atoms with Gasteiger partial charge in [-0.1, -0.05) is 108 Å². The fourth-order valence-electron chi connectivity index (χ4n) is 5.32. The molecule has 0 radical (unpaired) electrons. The first-order valence-corrected chi connectivity index (χ1v) is 17.8. The molecule has 0 saturated heterocycles. The highest BCUT2D eigenvalue weighted by Crippen LogP contribution is 2.46. The Bertz CT molecular complexity index is 1750. The fraction of sp³-hybridized carbons (Fsp3) is 0.150. The number of para-hydroxylation sites is 2. The summed E-state index contributed by atoms with van der Waals surface area (Å²) in [5.74, 6) is 0. The molecule has 234 valence electrons. The lowest BCUT2D eigenvalue weighted by Gasteiger charge is -2.28. The van der Waals surface area contributed by atoms with Crippen LogP contribution >= 0.6 is 46.7 Å². The zero-order chi connectivity index (χ0) is 32.5. The predicted molar refractivity (Wildman–Crippen MR) is 205 cm³/mol. The summed E-state index contributed by atoms with van der Waals surface area (Å²) in [5.41, 5.74) is 6.99. The standard InChI is InChI=1S/C40H38Cl2N2S2/c1-5-43-37-28-34(42)24-26-39(37)46-40(43)20-14-6-9-15-32(22-21-30(3)45-38-25-23-33(41)27-29(38)2)31(4)44(35-16-10-7-11-17-35)36-18-12-8-13-19-36/h6-8,10-14,16-28H,3,5,9,15H2,1-2,4H3. The molecule has 4 aromatic rings.